The van der Waals surface area contributed by atoms with Crippen molar-refractivity contribution in [3.05, 3.63) is 23.3 Å². The van der Waals surface area contributed by atoms with Gasteiger partial charge in [-0.3, -0.25) is 4.90 Å². The summed E-state index contributed by atoms with van der Waals surface area (Å²) in [6, 6.07) is 0.409. The van der Waals surface area contributed by atoms with Crippen molar-refractivity contribution in [1.29, 1.82) is 0 Å². The molecule has 0 saturated carbocycles. The minimum atomic E-state index is -0.253. The average Bonchev–Trinajstić information content (AvgIpc) is 2.72. The van der Waals surface area contributed by atoms with E-state index in [1.54, 1.807) is 26.0 Å². The molecule has 0 N–H and O–H groups in total. The predicted molar refractivity (Wildman–Crippen MR) is 87.8 cm³/mol. The van der Waals surface area contributed by atoms with Crippen LogP contribution in [0.2, 0.25) is 0 Å². The second-order valence-electron chi connectivity index (χ2n) is 6.51. The van der Waals surface area contributed by atoms with Crippen LogP contribution in [0, 0.1) is 0 Å². The second kappa shape index (κ2) is 7.30. The highest BCUT2D eigenvalue weighted by molar-refractivity contribution is 5.88. The van der Waals surface area contributed by atoms with E-state index in [4.69, 9.17) is 9.47 Å². The second-order valence-corrected chi connectivity index (χ2v) is 6.51. The highest BCUT2D eigenvalue weighted by atomic mass is 16.6. The summed E-state index contributed by atoms with van der Waals surface area (Å²) in [5.41, 5.74) is 1.25. The Hall–Kier alpha value is -1.62. The van der Waals surface area contributed by atoms with Crippen molar-refractivity contribution in [2.45, 2.75) is 71.2 Å². The Morgan fingerprint density at radius 2 is 1.52 bits per heavy atom. The molecule has 0 amide bonds. The van der Waals surface area contributed by atoms with Gasteiger partial charge in [-0.05, 0) is 34.7 Å². The minimum Gasteiger partial charge on any atom is -0.459 e. The number of piperidine rings is 1. The minimum absolute atomic E-state index is 0.102. The van der Waals surface area contributed by atoms with Crippen LogP contribution in [0.5, 0.6) is 0 Å². The lowest BCUT2D eigenvalue weighted by Gasteiger charge is -2.36. The molecule has 0 aromatic carbocycles. The Kier molecular flexibility index (Phi) is 5.63. The molecule has 23 heavy (non-hydrogen) atoms. The molecule has 0 radical (unpaired) electrons. The van der Waals surface area contributed by atoms with E-state index < -0.39 is 0 Å². The number of rotatable bonds is 4. The molecule has 0 spiro atoms. The Balaban J connectivity index is 2.00. The molecule has 0 unspecified atom stereocenters. The zero-order valence-electron chi connectivity index (χ0n) is 14.7. The highest BCUT2D eigenvalue weighted by Gasteiger charge is 2.47. The first kappa shape index (κ1) is 17.7. The van der Waals surface area contributed by atoms with Gasteiger partial charge >= 0.3 is 11.9 Å². The first-order valence-corrected chi connectivity index (χ1v) is 8.27. The third-order valence-electron chi connectivity index (χ3n) is 5.11. The fraction of sp³-hybridized carbons (Fsp3) is 0.667. The summed E-state index contributed by atoms with van der Waals surface area (Å²) in [7, 11) is 2.06. The maximum atomic E-state index is 12.0. The number of hydrogen-bond donors (Lipinski definition) is 0. The summed E-state index contributed by atoms with van der Waals surface area (Å²) in [5, 5.41) is 0. The lowest BCUT2D eigenvalue weighted by atomic mass is 10.00. The van der Waals surface area contributed by atoms with Gasteiger partial charge in [0.2, 0.25) is 0 Å². The lowest BCUT2D eigenvalue weighted by molar-refractivity contribution is -0.151. The molecule has 4 atom stereocenters. The van der Waals surface area contributed by atoms with Crippen molar-refractivity contribution in [3.8, 4) is 0 Å². The van der Waals surface area contributed by atoms with Crippen LogP contribution < -0.4 is 0 Å². The fourth-order valence-electron chi connectivity index (χ4n) is 3.31. The summed E-state index contributed by atoms with van der Waals surface area (Å²) in [6.45, 7) is 7.18. The lowest BCUT2D eigenvalue weighted by Crippen LogP contribution is -2.46. The SMILES string of the molecule is C/C=C(\C)C(=O)O[C@@H]1C[C@H]2C[C@H](OC(=O)/C(C)=C/C)[C@@H](C1)N2C. The van der Waals surface area contributed by atoms with Crippen LogP contribution in [0.3, 0.4) is 0 Å². The first-order chi connectivity index (χ1) is 10.9. The van der Waals surface area contributed by atoms with Crippen molar-refractivity contribution in [1.82, 2.24) is 4.90 Å². The predicted octanol–water partition coefficient (Wildman–Crippen LogP) is 2.61. The monoisotopic (exact) mass is 321 g/mol. The number of nitrogens with zero attached hydrogens (tertiary/aromatic N) is 1. The van der Waals surface area contributed by atoms with Gasteiger partial charge in [-0.1, -0.05) is 12.2 Å². The Morgan fingerprint density at radius 1 is 0.957 bits per heavy atom. The van der Waals surface area contributed by atoms with E-state index in [0.717, 1.165) is 12.8 Å². The van der Waals surface area contributed by atoms with Gasteiger partial charge in [0.1, 0.15) is 12.2 Å². The standard InChI is InChI=1S/C18H27NO4/c1-6-11(3)17(20)22-14-8-13-9-16(15(10-14)19(13)5)23-18(21)12(4)7-2/h6-7,13-16H,8-10H2,1-5H3/b11-6+,12-7+/t13-,14+,15+,16-/m0/s1. The number of allylic oxidation sites excluding steroid dienone is 2. The smallest absolute Gasteiger partial charge is 0.333 e. The molecule has 128 valence electrons. The topological polar surface area (TPSA) is 55.8 Å². The van der Waals surface area contributed by atoms with Crippen LogP contribution in [0.4, 0.5) is 0 Å². The van der Waals surface area contributed by atoms with Crippen LogP contribution in [-0.4, -0.2) is 48.2 Å². The van der Waals surface area contributed by atoms with E-state index in [9.17, 15) is 9.59 Å². The van der Waals surface area contributed by atoms with Crippen molar-refractivity contribution >= 4 is 11.9 Å². The first-order valence-electron chi connectivity index (χ1n) is 8.27. The van der Waals surface area contributed by atoms with E-state index in [1.807, 2.05) is 13.8 Å². The molecule has 5 nitrogen and oxygen atoms in total. The van der Waals surface area contributed by atoms with E-state index >= 15 is 0 Å². The van der Waals surface area contributed by atoms with Gasteiger partial charge in [-0.25, -0.2) is 9.59 Å². The molecule has 0 aromatic rings. The zero-order chi connectivity index (χ0) is 17.1. The van der Waals surface area contributed by atoms with Crippen LogP contribution in [0.15, 0.2) is 23.3 Å². The van der Waals surface area contributed by atoms with Gasteiger partial charge in [-0.15, -0.1) is 0 Å². The van der Waals surface area contributed by atoms with E-state index in [-0.39, 0.29) is 30.2 Å². The molecule has 0 aromatic heterocycles. The van der Waals surface area contributed by atoms with Gasteiger partial charge in [-0.2, -0.15) is 0 Å². The molecule has 0 aliphatic carbocycles. The molecule has 5 heteroatoms. The van der Waals surface area contributed by atoms with Gasteiger partial charge in [0.25, 0.3) is 0 Å². The summed E-state index contributed by atoms with van der Waals surface area (Å²) >= 11 is 0. The summed E-state index contributed by atoms with van der Waals surface area (Å²) in [4.78, 5) is 26.2. The summed E-state index contributed by atoms with van der Waals surface area (Å²) in [5.74, 6) is -0.503. The highest BCUT2D eigenvalue weighted by Crippen LogP contribution is 2.37. The van der Waals surface area contributed by atoms with Crippen LogP contribution in [0.25, 0.3) is 0 Å². The summed E-state index contributed by atoms with van der Waals surface area (Å²) in [6.07, 6.45) is 5.61. The molecule has 2 aliphatic heterocycles. The number of esters is 2. The van der Waals surface area contributed by atoms with Gasteiger partial charge in [0.15, 0.2) is 0 Å². The summed E-state index contributed by atoms with van der Waals surface area (Å²) < 4.78 is 11.3. The number of likely N-dealkylation sites (N-methyl/N-ethyl adjacent to an activating group) is 1. The molecular weight excluding hydrogens is 294 g/mol. The number of fused-ring (bicyclic) bond motifs is 2. The average molecular weight is 321 g/mol. The van der Waals surface area contributed by atoms with Gasteiger partial charge in [0, 0.05) is 36.5 Å². The molecule has 2 saturated heterocycles. The van der Waals surface area contributed by atoms with Crippen molar-refractivity contribution < 1.29 is 19.1 Å². The maximum Gasteiger partial charge on any atom is 0.333 e. The van der Waals surface area contributed by atoms with Crippen molar-refractivity contribution in [3.63, 3.8) is 0 Å². The van der Waals surface area contributed by atoms with Crippen LogP contribution in [-0.2, 0) is 19.1 Å². The molecule has 2 aliphatic rings. The molecular formula is C18H27NO4. The quantitative estimate of drug-likeness (QED) is 0.588. The Labute approximate surface area is 138 Å². The molecule has 2 rings (SSSR count). The largest absolute Gasteiger partial charge is 0.459 e. The third kappa shape index (κ3) is 3.83. The van der Waals surface area contributed by atoms with E-state index in [2.05, 4.69) is 11.9 Å². The molecule has 2 heterocycles. The van der Waals surface area contributed by atoms with Gasteiger partial charge < -0.3 is 9.47 Å². The zero-order valence-corrected chi connectivity index (χ0v) is 14.7. The Morgan fingerprint density at radius 3 is 2.09 bits per heavy atom. The number of hydrogen-bond acceptors (Lipinski definition) is 5. The Bertz CT molecular complexity index is 535. The van der Waals surface area contributed by atoms with Crippen molar-refractivity contribution in [2.75, 3.05) is 7.05 Å². The molecule has 2 fully saturated rings. The van der Waals surface area contributed by atoms with Crippen LogP contribution >= 0.6 is 0 Å². The van der Waals surface area contributed by atoms with E-state index in [1.165, 1.54) is 0 Å². The normalized spacial score (nSPS) is 31.9. The fourth-order valence-corrected chi connectivity index (χ4v) is 3.31. The van der Waals surface area contributed by atoms with E-state index in [0.29, 0.717) is 23.6 Å². The third-order valence-corrected chi connectivity index (χ3v) is 5.11. The number of carbonyl (C=O) groups excluding carboxylic acids is 2. The van der Waals surface area contributed by atoms with Gasteiger partial charge in [0.05, 0.1) is 6.04 Å². The number of carbonyl (C=O) groups is 2. The molecule has 2 bridgehead atoms. The maximum absolute atomic E-state index is 12.0. The van der Waals surface area contributed by atoms with Crippen LogP contribution in [0.1, 0.15) is 47.0 Å². The van der Waals surface area contributed by atoms with Crippen molar-refractivity contribution in [2.24, 2.45) is 0 Å². The number of ether oxygens (including phenoxy) is 2.